The third kappa shape index (κ3) is 3.31. The predicted molar refractivity (Wildman–Crippen MR) is 113 cm³/mol. The van der Waals surface area contributed by atoms with E-state index < -0.39 is 5.97 Å². The van der Waals surface area contributed by atoms with Crippen LogP contribution in [0.3, 0.4) is 0 Å². The lowest BCUT2D eigenvalue weighted by atomic mass is 10.0. The summed E-state index contributed by atoms with van der Waals surface area (Å²) in [5.74, 6) is 0.393. The number of fused-ring (bicyclic) bond motifs is 1. The molecular formula is C24H21NO4. The number of hydrogen-bond donors (Lipinski definition) is 1. The van der Waals surface area contributed by atoms with Gasteiger partial charge in [0.2, 0.25) is 0 Å². The molecule has 0 spiro atoms. The molecule has 0 saturated carbocycles. The summed E-state index contributed by atoms with van der Waals surface area (Å²) >= 11 is 0. The van der Waals surface area contributed by atoms with Crippen LogP contribution in [0, 0.1) is 0 Å². The van der Waals surface area contributed by atoms with Crippen molar-refractivity contribution in [2.45, 2.75) is 6.92 Å². The Kier molecular flexibility index (Phi) is 4.96. The van der Waals surface area contributed by atoms with E-state index in [4.69, 9.17) is 9.47 Å². The number of nitrogens with zero attached hydrogens (tertiary/aromatic N) is 1. The molecule has 4 rings (SSSR count). The maximum atomic E-state index is 13.0. The fourth-order valence-corrected chi connectivity index (χ4v) is 3.56. The van der Waals surface area contributed by atoms with E-state index >= 15 is 0 Å². The summed E-state index contributed by atoms with van der Waals surface area (Å²) in [6.07, 6.45) is 0. The van der Waals surface area contributed by atoms with Crippen molar-refractivity contribution in [2.24, 2.45) is 0 Å². The van der Waals surface area contributed by atoms with Gasteiger partial charge >= 0.3 is 5.97 Å². The van der Waals surface area contributed by atoms with E-state index in [1.807, 2.05) is 65.2 Å². The van der Waals surface area contributed by atoms with Crippen molar-refractivity contribution in [2.75, 3.05) is 13.7 Å². The zero-order chi connectivity index (χ0) is 20.4. The van der Waals surface area contributed by atoms with Crippen molar-refractivity contribution in [1.82, 2.24) is 4.57 Å². The summed E-state index contributed by atoms with van der Waals surface area (Å²) in [6, 6.07) is 22.4. The molecule has 0 bridgehead atoms. The summed E-state index contributed by atoms with van der Waals surface area (Å²) in [5.41, 5.74) is 3.69. The quantitative estimate of drug-likeness (QED) is 0.479. The first kappa shape index (κ1) is 18.6. The average Bonchev–Trinajstić information content (AvgIpc) is 3.09. The van der Waals surface area contributed by atoms with E-state index in [1.165, 1.54) is 0 Å². The van der Waals surface area contributed by atoms with Gasteiger partial charge in [0.1, 0.15) is 11.5 Å². The molecule has 0 amide bonds. The van der Waals surface area contributed by atoms with E-state index in [2.05, 4.69) is 0 Å². The van der Waals surface area contributed by atoms with Crippen molar-refractivity contribution in [3.05, 3.63) is 78.4 Å². The zero-order valence-electron chi connectivity index (χ0n) is 16.3. The predicted octanol–water partition coefficient (Wildman–Crippen LogP) is 5.19. The second kappa shape index (κ2) is 7.72. The number of benzene rings is 3. The largest absolute Gasteiger partial charge is 0.508 e. The van der Waals surface area contributed by atoms with Crippen LogP contribution in [0.4, 0.5) is 0 Å². The number of phenols is 1. The van der Waals surface area contributed by atoms with Crippen molar-refractivity contribution >= 4 is 16.9 Å². The summed E-state index contributed by atoms with van der Waals surface area (Å²) in [4.78, 5) is 13.0. The van der Waals surface area contributed by atoms with Crippen LogP contribution in [0.15, 0.2) is 72.8 Å². The summed E-state index contributed by atoms with van der Waals surface area (Å²) in [5, 5.41) is 10.7. The fraction of sp³-hybridized carbons (Fsp3) is 0.125. The number of phenolic OH excluding ortho intramolecular Hbond substituents is 1. The van der Waals surface area contributed by atoms with E-state index in [9.17, 15) is 9.90 Å². The maximum absolute atomic E-state index is 13.0. The second-order valence-electron chi connectivity index (χ2n) is 6.54. The van der Waals surface area contributed by atoms with Gasteiger partial charge in [0.05, 0.1) is 30.5 Å². The summed E-state index contributed by atoms with van der Waals surface area (Å²) in [7, 11) is 1.61. The van der Waals surface area contributed by atoms with Gasteiger partial charge in [0.15, 0.2) is 0 Å². The average molecular weight is 387 g/mol. The van der Waals surface area contributed by atoms with Crippen LogP contribution in [-0.2, 0) is 4.74 Å². The minimum absolute atomic E-state index is 0.0922. The Morgan fingerprint density at radius 2 is 1.72 bits per heavy atom. The molecule has 5 nitrogen and oxygen atoms in total. The van der Waals surface area contributed by atoms with Crippen molar-refractivity contribution in [3.63, 3.8) is 0 Å². The van der Waals surface area contributed by atoms with E-state index in [0.717, 1.165) is 22.5 Å². The Morgan fingerprint density at radius 3 is 2.38 bits per heavy atom. The number of aromatic nitrogens is 1. The Bertz CT molecular complexity index is 1160. The van der Waals surface area contributed by atoms with Gasteiger partial charge in [-0.1, -0.05) is 18.2 Å². The first-order chi connectivity index (χ1) is 14.1. The molecule has 0 unspecified atom stereocenters. The monoisotopic (exact) mass is 387 g/mol. The lowest BCUT2D eigenvalue weighted by molar-refractivity contribution is 0.0529. The van der Waals surface area contributed by atoms with Gasteiger partial charge in [-0.05, 0) is 67.1 Å². The highest BCUT2D eigenvalue weighted by Crippen LogP contribution is 2.38. The van der Waals surface area contributed by atoms with E-state index in [0.29, 0.717) is 16.6 Å². The van der Waals surface area contributed by atoms with Crippen LogP contribution < -0.4 is 4.74 Å². The molecular weight excluding hydrogens is 366 g/mol. The Labute approximate surface area is 168 Å². The summed E-state index contributed by atoms with van der Waals surface area (Å²) in [6.45, 7) is 2.04. The van der Waals surface area contributed by atoms with E-state index in [1.54, 1.807) is 26.2 Å². The number of rotatable bonds is 5. The molecule has 29 heavy (non-hydrogen) atoms. The lowest BCUT2D eigenvalue weighted by Crippen LogP contribution is -2.07. The standard InChI is InChI=1S/C24H21NO4/c1-3-29-24(27)22-20-15-18(26)11-14-21(20)25(17-7-5-4-6-8-17)23(22)16-9-12-19(28-2)13-10-16/h4-15,26H,3H2,1-2H3. The van der Waals surface area contributed by atoms with Gasteiger partial charge < -0.3 is 19.1 Å². The number of para-hydroxylation sites is 1. The first-order valence-corrected chi connectivity index (χ1v) is 9.38. The van der Waals surface area contributed by atoms with Crippen molar-refractivity contribution in [3.8, 4) is 28.4 Å². The number of hydrogen-bond acceptors (Lipinski definition) is 4. The number of esters is 1. The molecule has 1 heterocycles. The topological polar surface area (TPSA) is 60.7 Å². The van der Waals surface area contributed by atoms with Crippen LogP contribution in [0.25, 0.3) is 27.8 Å². The molecule has 0 saturated heterocycles. The Balaban J connectivity index is 2.11. The molecule has 3 aromatic carbocycles. The molecule has 0 atom stereocenters. The van der Waals surface area contributed by atoms with Gasteiger partial charge in [-0.25, -0.2) is 4.79 Å². The number of aromatic hydroxyl groups is 1. The SMILES string of the molecule is CCOC(=O)c1c(-c2ccc(OC)cc2)n(-c2ccccc2)c2ccc(O)cc12. The molecule has 1 N–H and O–H groups in total. The minimum atomic E-state index is -0.427. The molecule has 0 aliphatic rings. The molecule has 0 aliphatic heterocycles. The highest BCUT2D eigenvalue weighted by Gasteiger charge is 2.26. The third-order valence-electron chi connectivity index (χ3n) is 4.81. The number of methoxy groups -OCH3 is 1. The normalized spacial score (nSPS) is 10.8. The van der Waals surface area contributed by atoms with Gasteiger partial charge in [0, 0.05) is 11.1 Å². The maximum Gasteiger partial charge on any atom is 0.340 e. The molecule has 0 aliphatic carbocycles. The smallest absolute Gasteiger partial charge is 0.340 e. The minimum Gasteiger partial charge on any atom is -0.508 e. The Hall–Kier alpha value is -3.73. The number of carbonyl (C=O) groups excluding carboxylic acids is 1. The van der Waals surface area contributed by atoms with Crippen molar-refractivity contribution < 1.29 is 19.4 Å². The van der Waals surface area contributed by atoms with Crippen LogP contribution >= 0.6 is 0 Å². The second-order valence-corrected chi connectivity index (χ2v) is 6.54. The zero-order valence-corrected chi connectivity index (χ0v) is 16.3. The van der Waals surface area contributed by atoms with Gasteiger partial charge in [-0.2, -0.15) is 0 Å². The van der Waals surface area contributed by atoms with E-state index in [-0.39, 0.29) is 12.4 Å². The van der Waals surface area contributed by atoms with Gasteiger partial charge in [-0.15, -0.1) is 0 Å². The van der Waals surface area contributed by atoms with Crippen LogP contribution in [0.2, 0.25) is 0 Å². The number of carbonyl (C=O) groups is 1. The van der Waals surface area contributed by atoms with Gasteiger partial charge in [-0.3, -0.25) is 0 Å². The van der Waals surface area contributed by atoms with Crippen LogP contribution in [0.5, 0.6) is 11.5 Å². The molecule has 0 fully saturated rings. The lowest BCUT2D eigenvalue weighted by Gasteiger charge is -2.13. The van der Waals surface area contributed by atoms with Crippen LogP contribution in [-0.4, -0.2) is 29.4 Å². The van der Waals surface area contributed by atoms with Gasteiger partial charge in [0.25, 0.3) is 0 Å². The molecule has 146 valence electrons. The highest BCUT2D eigenvalue weighted by atomic mass is 16.5. The molecule has 5 heteroatoms. The first-order valence-electron chi connectivity index (χ1n) is 9.38. The molecule has 4 aromatic rings. The molecule has 1 aromatic heterocycles. The van der Waals surface area contributed by atoms with Crippen LogP contribution in [0.1, 0.15) is 17.3 Å². The van der Waals surface area contributed by atoms with Crippen molar-refractivity contribution in [1.29, 1.82) is 0 Å². The summed E-state index contributed by atoms with van der Waals surface area (Å²) < 4.78 is 12.7. The third-order valence-corrected chi connectivity index (χ3v) is 4.81. The molecule has 0 radical (unpaired) electrons. The fourth-order valence-electron chi connectivity index (χ4n) is 3.56. The number of ether oxygens (including phenoxy) is 2. The Morgan fingerprint density at radius 1 is 1.00 bits per heavy atom. The highest BCUT2D eigenvalue weighted by molar-refractivity contribution is 6.11.